The van der Waals surface area contributed by atoms with E-state index in [0.717, 1.165) is 10.6 Å². The van der Waals surface area contributed by atoms with Gasteiger partial charge in [-0.15, -0.1) is 11.3 Å². The molecule has 0 spiro atoms. The molecule has 0 unspecified atom stereocenters. The van der Waals surface area contributed by atoms with Crippen LogP contribution in [-0.4, -0.2) is 45.2 Å². The molecule has 1 aliphatic rings. The van der Waals surface area contributed by atoms with Gasteiger partial charge in [-0.05, 0) is 23.6 Å². The van der Waals surface area contributed by atoms with E-state index in [-0.39, 0.29) is 12.0 Å². The molecule has 1 N–H and O–H groups in total. The van der Waals surface area contributed by atoms with Gasteiger partial charge in [0.15, 0.2) is 5.69 Å². The van der Waals surface area contributed by atoms with Crippen molar-refractivity contribution >= 4 is 17.2 Å². The molecular formula is C17H13N5O2S. The van der Waals surface area contributed by atoms with Gasteiger partial charge in [-0.25, -0.2) is 4.98 Å². The molecule has 1 amide bonds. The third-order valence-electron chi connectivity index (χ3n) is 3.87. The quantitative estimate of drug-likeness (QED) is 0.778. The highest BCUT2D eigenvalue weighted by atomic mass is 32.1. The van der Waals surface area contributed by atoms with Crippen molar-refractivity contribution in [1.29, 1.82) is 5.26 Å². The summed E-state index contributed by atoms with van der Waals surface area (Å²) in [6.45, 7) is 0.941. The van der Waals surface area contributed by atoms with Gasteiger partial charge >= 0.3 is 0 Å². The lowest BCUT2D eigenvalue weighted by Crippen LogP contribution is -2.56. The average molecular weight is 351 g/mol. The number of nitrogens with one attached hydrogen (secondary N) is 1. The number of nitriles is 1. The molecule has 8 heteroatoms. The van der Waals surface area contributed by atoms with E-state index in [0.29, 0.717) is 30.2 Å². The molecule has 0 saturated carbocycles. The maximum atomic E-state index is 12.4. The van der Waals surface area contributed by atoms with Crippen LogP contribution in [0.15, 0.2) is 41.9 Å². The van der Waals surface area contributed by atoms with Gasteiger partial charge in [-0.2, -0.15) is 10.4 Å². The molecule has 3 aromatic rings. The number of rotatable bonds is 4. The lowest BCUT2D eigenvalue weighted by molar-refractivity contribution is 0.0155. The van der Waals surface area contributed by atoms with Crippen LogP contribution in [0.1, 0.15) is 16.1 Å². The zero-order valence-electron chi connectivity index (χ0n) is 13.0. The number of hydrogen-bond acceptors (Lipinski definition) is 6. The predicted octanol–water partition coefficient (Wildman–Crippen LogP) is 2.31. The number of ether oxygens (including phenoxy) is 1. The number of pyridine rings is 1. The summed E-state index contributed by atoms with van der Waals surface area (Å²) in [5, 5.41) is 17.9. The van der Waals surface area contributed by atoms with E-state index in [2.05, 4.69) is 15.2 Å². The molecule has 3 aromatic heterocycles. The summed E-state index contributed by atoms with van der Waals surface area (Å²) in [5.74, 6) is 0.272. The summed E-state index contributed by atoms with van der Waals surface area (Å²) >= 11 is 1.59. The number of carbonyl (C=O) groups excluding carboxylic acids is 1. The van der Waals surface area contributed by atoms with E-state index in [1.54, 1.807) is 34.4 Å². The molecule has 25 heavy (non-hydrogen) atoms. The first-order chi connectivity index (χ1) is 12.2. The Balaban J connectivity index is 1.36. The van der Waals surface area contributed by atoms with Crippen molar-refractivity contribution < 1.29 is 9.53 Å². The molecule has 1 saturated heterocycles. The van der Waals surface area contributed by atoms with Crippen LogP contribution in [0, 0.1) is 11.3 Å². The van der Waals surface area contributed by atoms with Crippen LogP contribution < -0.4 is 4.74 Å². The SMILES string of the molecule is N#Cc1ccnc(OC2CN(C(=O)c3cc(-c4cccs4)[nH]n3)C2)c1. The van der Waals surface area contributed by atoms with Crippen molar-refractivity contribution in [2.75, 3.05) is 13.1 Å². The van der Waals surface area contributed by atoms with E-state index in [4.69, 9.17) is 10.00 Å². The first kappa shape index (κ1) is 15.4. The van der Waals surface area contributed by atoms with Crippen molar-refractivity contribution in [3.63, 3.8) is 0 Å². The first-order valence-electron chi connectivity index (χ1n) is 7.64. The van der Waals surface area contributed by atoms with Gasteiger partial charge in [0.2, 0.25) is 5.88 Å². The van der Waals surface area contributed by atoms with Crippen LogP contribution in [0.3, 0.4) is 0 Å². The minimum Gasteiger partial charge on any atom is -0.471 e. The Kier molecular flexibility index (Phi) is 3.91. The second kappa shape index (κ2) is 6.37. The smallest absolute Gasteiger partial charge is 0.274 e. The Morgan fingerprint density at radius 3 is 3.04 bits per heavy atom. The van der Waals surface area contributed by atoms with E-state index in [9.17, 15) is 4.79 Å². The number of aromatic amines is 1. The molecule has 4 rings (SSSR count). The topological polar surface area (TPSA) is 94.9 Å². The highest BCUT2D eigenvalue weighted by Crippen LogP contribution is 2.24. The van der Waals surface area contributed by atoms with Gasteiger partial charge in [0.1, 0.15) is 6.10 Å². The number of thiophene rings is 1. The second-order valence-corrected chi connectivity index (χ2v) is 6.54. The molecule has 124 valence electrons. The van der Waals surface area contributed by atoms with Gasteiger partial charge in [0.25, 0.3) is 5.91 Å². The molecule has 7 nitrogen and oxygen atoms in total. The van der Waals surface area contributed by atoms with Crippen LogP contribution in [0.25, 0.3) is 10.6 Å². The molecule has 0 aromatic carbocycles. The standard InChI is InChI=1S/C17H13N5O2S/c18-8-11-3-4-19-16(6-11)24-12-9-22(10-12)17(23)14-7-13(20-21-14)15-2-1-5-25-15/h1-7,12H,9-10H2,(H,20,21). The van der Waals surface area contributed by atoms with Crippen LogP contribution >= 0.6 is 11.3 Å². The van der Waals surface area contributed by atoms with E-state index in [1.165, 1.54) is 6.20 Å². The molecule has 0 radical (unpaired) electrons. The largest absolute Gasteiger partial charge is 0.471 e. The molecule has 0 atom stereocenters. The van der Waals surface area contributed by atoms with Crippen LogP contribution in [0.4, 0.5) is 0 Å². The zero-order valence-corrected chi connectivity index (χ0v) is 13.9. The van der Waals surface area contributed by atoms with E-state index >= 15 is 0 Å². The van der Waals surface area contributed by atoms with Gasteiger partial charge in [0.05, 0.1) is 35.3 Å². The fraction of sp³-hybridized carbons (Fsp3) is 0.176. The van der Waals surface area contributed by atoms with E-state index in [1.807, 2.05) is 23.6 Å². The predicted molar refractivity (Wildman–Crippen MR) is 91.2 cm³/mol. The molecule has 0 aliphatic carbocycles. The van der Waals surface area contributed by atoms with Gasteiger partial charge < -0.3 is 9.64 Å². The highest BCUT2D eigenvalue weighted by molar-refractivity contribution is 7.13. The Morgan fingerprint density at radius 2 is 2.28 bits per heavy atom. The normalized spacial score (nSPS) is 14.0. The van der Waals surface area contributed by atoms with Crippen molar-refractivity contribution in [2.24, 2.45) is 0 Å². The Bertz CT molecular complexity index is 938. The minimum absolute atomic E-state index is 0.124. The summed E-state index contributed by atoms with van der Waals surface area (Å²) in [5.41, 5.74) is 1.73. The second-order valence-electron chi connectivity index (χ2n) is 5.59. The summed E-state index contributed by atoms with van der Waals surface area (Å²) in [6.07, 6.45) is 1.41. The first-order valence-corrected chi connectivity index (χ1v) is 8.52. The molecular weight excluding hydrogens is 338 g/mol. The Labute approximate surface area is 147 Å². The van der Waals surface area contributed by atoms with Gasteiger partial charge in [0, 0.05) is 12.3 Å². The lowest BCUT2D eigenvalue weighted by Gasteiger charge is -2.38. The number of carbonyl (C=O) groups is 1. The minimum atomic E-state index is -0.127. The summed E-state index contributed by atoms with van der Waals surface area (Å²) < 4.78 is 5.69. The molecule has 4 heterocycles. The summed E-state index contributed by atoms with van der Waals surface area (Å²) in [6, 6.07) is 10.9. The van der Waals surface area contributed by atoms with Crippen molar-refractivity contribution in [3.05, 3.63) is 53.2 Å². The number of aromatic nitrogens is 3. The number of amides is 1. The fourth-order valence-corrected chi connectivity index (χ4v) is 3.24. The number of likely N-dealkylation sites (tertiary alicyclic amines) is 1. The van der Waals surface area contributed by atoms with Crippen molar-refractivity contribution in [3.8, 4) is 22.5 Å². The maximum absolute atomic E-state index is 12.4. The number of nitrogens with zero attached hydrogens (tertiary/aromatic N) is 4. The maximum Gasteiger partial charge on any atom is 0.274 e. The highest BCUT2D eigenvalue weighted by Gasteiger charge is 2.34. The van der Waals surface area contributed by atoms with Crippen molar-refractivity contribution in [1.82, 2.24) is 20.1 Å². The van der Waals surface area contributed by atoms with Crippen LogP contribution in [0.5, 0.6) is 5.88 Å². The Hall–Kier alpha value is -3.18. The summed E-state index contributed by atoms with van der Waals surface area (Å²) in [4.78, 5) is 19.2. The monoisotopic (exact) mass is 351 g/mol. The third kappa shape index (κ3) is 3.09. The lowest BCUT2D eigenvalue weighted by atomic mass is 10.1. The molecule has 0 bridgehead atoms. The van der Waals surface area contributed by atoms with E-state index < -0.39 is 0 Å². The number of H-pyrrole nitrogens is 1. The Morgan fingerprint density at radius 1 is 1.40 bits per heavy atom. The molecule has 1 aliphatic heterocycles. The number of hydrogen-bond donors (Lipinski definition) is 1. The fourth-order valence-electron chi connectivity index (χ4n) is 2.54. The van der Waals surface area contributed by atoms with Gasteiger partial charge in [-0.1, -0.05) is 6.07 Å². The third-order valence-corrected chi connectivity index (χ3v) is 4.77. The van der Waals surface area contributed by atoms with Crippen LogP contribution in [-0.2, 0) is 0 Å². The van der Waals surface area contributed by atoms with Crippen molar-refractivity contribution in [2.45, 2.75) is 6.10 Å². The summed E-state index contributed by atoms with van der Waals surface area (Å²) in [7, 11) is 0. The zero-order chi connectivity index (χ0) is 17.2. The molecule has 1 fully saturated rings. The van der Waals surface area contributed by atoms with Gasteiger partial charge in [-0.3, -0.25) is 9.89 Å². The average Bonchev–Trinajstić information content (AvgIpc) is 3.28. The van der Waals surface area contributed by atoms with Crippen LogP contribution in [0.2, 0.25) is 0 Å².